The van der Waals surface area contributed by atoms with Gasteiger partial charge in [-0.15, -0.1) is 0 Å². The van der Waals surface area contributed by atoms with E-state index in [1.165, 1.54) is 0 Å². The molecule has 0 aliphatic carbocycles. The summed E-state index contributed by atoms with van der Waals surface area (Å²) in [7, 11) is 0. The molecule has 1 aromatic carbocycles. The highest BCUT2D eigenvalue weighted by atomic mass is 32.1. The van der Waals surface area contributed by atoms with Crippen molar-refractivity contribution >= 4 is 33.8 Å². The van der Waals surface area contributed by atoms with E-state index in [-0.39, 0.29) is 0 Å². The van der Waals surface area contributed by atoms with Gasteiger partial charge in [0.1, 0.15) is 0 Å². The van der Waals surface area contributed by atoms with Gasteiger partial charge in [0, 0.05) is 41.4 Å². The number of aromatic nitrogens is 1. The number of hydrogen-bond acceptors (Lipinski definition) is 3. The quantitative estimate of drug-likeness (QED) is 0.779. The summed E-state index contributed by atoms with van der Waals surface area (Å²) in [5, 5.41) is 9.72. The molecule has 1 fully saturated rings. The highest BCUT2D eigenvalue weighted by Gasteiger charge is 2.20. The number of nitrogens with one attached hydrogen (secondary N) is 2. The second-order valence-corrected chi connectivity index (χ2v) is 5.20. The van der Waals surface area contributed by atoms with Crippen LogP contribution in [0.1, 0.15) is 6.92 Å². The number of nitrogens with zero attached hydrogens (tertiary/aromatic N) is 2. The zero-order valence-electron chi connectivity index (χ0n) is 10.8. The van der Waals surface area contributed by atoms with E-state index in [1.54, 1.807) is 6.20 Å². The van der Waals surface area contributed by atoms with E-state index in [2.05, 4.69) is 33.5 Å². The Kier molecular flexibility index (Phi) is 3.31. The molecule has 4 nitrogen and oxygen atoms in total. The fourth-order valence-corrected chi connectivity index (χ4v) is 2.56. The van der Waals surface area contributed by atoms with Crippen LogP contribution >= 0.6 is 12.2 Å². The van der Waals surface area contributed by atoms with Crippen molar-refractivity contribution in [2.24, 2.45) is 0 Å². The van der Waals surface area contributed by atoms with Crippen LogP contribution in [0.2, 0.25) is 0 Å². The SMILES string of the molecule is CC1CN(C(=S)Nc2cccc3cnccc23)CN1. The summed E-state index contributed by atoms with van der Waals surface area (Å²) in [4.78, 5) is 6.28. The first-order valence-corrected chi connectivity index (χ1v) is 6.77. The third-order valence-electron chi connectivity index (χ3n) is 3.33. The normalized spacial score (nSPS) is 18.8. The van der Waals surface area contributed by atoms with E-state index >= 15 is 0 Å². The summed E-state index contributed by atoms with van der Waals surface area (Å²) in [6.07, 6.45) is 3.67. The van der Waals surface area contributed by atoms with Gasteiger partial charge in [-0.3, -0.25) is 10.3 Å². The summed E-state index contributed by atoms with van der Waals surface area (Å²) < 4.78 is 0. The molecular formula is C14H16N4S. The molecular weight excluding hydrogens is 256 g/mol. The van der Waals surface area contributed by atoms with Gasteiger partial charge in [-0.2, -0.15) is 0 Å². The number of benzene rings is 1. The molecule has 0 bridgehead atoms. The molecule has 1 aliphatic heterocycles. The maximum absolute atomic E-state index is 5.47. The second kappa shape index (κ2) is 5.11. The third-order valence-corrected chi connectivity index (χ3v) is 3.69. The Morgan fingerprint density at radius 2 is 2.37 bits per heavy atom. The van der Waals surface area contributed by atoms with Crippen LogP contribution in [0.15, 0.2) is 36.7 Å². The van der Waals surface area contributed by atoms with Crippen molar-refractivity contribution in [2.45, 2.75) is 13.0 Å². The number of fused-ring (bicyclic) bond motifs is 1. The number of pyridine rings is 1. The van der Waals surface area contributed by atoms with Crippen molar-refractivity contribution in [2.75, 3.05) is 18.5 Å². The molecule has 3 rings (SSSR count). The highest BCUT2D eigenvalue weighted by molar-refractivity contribution is 7.80. The van der Waals surface area contributed by atoms with Gasteiger partial charge in [0.15, 0.2) is 5.11 Å². The van der Waals surface area contributed by atoms with Crippen LogP contribution in [0.5, 0.6) is 0 Å². The molecule has 0 amide bonds. The van der Waals surface area contributed by atoms with E-state index in [1.807, 2.05) is 24.4 Å². The molecule has 2 N–H and O–H groups in total. The van der Waals surface area contributed by atoms with Crippen LogP contribution < -0.4 is 10.6 Å². The minimum atomic E-state index is 0.483. The summed E-state index contributed by atoms with van der Waals surface area (Å²) >= 11 is 5.47. The number of anilines is 1. The van der Waals surface area contributed by atoms with Crippen molar-refractivity contribution in [3.8, 4) is 0 Å². The van der Waals surface area contributed by atoms with E-state index < -0.39 is 0 Å². The first kappa shape index (κ1) is 12.3. The largest absolute Gasteiger partial charge is 0.335 e. The lowest BCUT2D eigenvalue weighted by Crippen LogP contribution is -2.33. The van der Waals surface area contributed by atoms with E-state index in [9.17, 15) is 0 Å². The molecule has 1 aromatic heterocycles. The van der Waals surface area contributed by atoms with Crippen molar-refractivity contribution < 1.29 is 0 Å². The summed E-state index contributed by atoms with van der Waals surface area (Å²) in [5.41, 5.74) is 1.03. The molecule has 1 atom stereocenters. The maximum Gasteiger partial charge on any atom is 0.174 e. The van der Waals surface area contributed by atoms with Gasteiger partial charge in [-0.05, 0) is 31.3 Å². The molecule has 19 heavy (non-hydrogen) atoms. The van der Waals surface area contributed by atoms with Crippen molar-refractivity contribution in [3.63, 3.8) is 0 Å². The van der Waals surface area contributed by atoms with Crippen molar-refractivity contribution in [1.29, 1.82) is 0 Å². The highest BCUT2D eigenvalue weighted by Crippen LogP contribution is 2.22. The minimum absolute atomic E-state index is 0.483. The predicted octanol–water partition coefficient (Wildman–Crippen LogP) is 2.18. The Hall–Kier alpha value is -1.72. The Balaban J connectivity index is 1.83. The predicted molar refractivity (Wildman–Crippen MR) is 82.1 cm³/mol. The Labute approximate surface area is 117 Å². The van der Waals surface area contributed by atoms with Gasteiger partial charge in [0.05, 0.1) is 6.67 Å². The number of hydrogen-bond donors (Lipinski definition) is 2. The van der Waals surface area contributed by atoms with Crippen LogP contribution in [0.4, 0.5) is 5.69 Å². The molecule has 0 spiro atoms. The average Bonchev–Trinajstić information content (AvgIpc) is 2.86. The smallest absolute Gasteiger partial charge is 0.174 e. The lowest BCUT2D eigenvalue weighted by atomic mass is 10.1. The zero-order chi connectivity index (χ0) is 13.2. The molecule has 1 saturated heterocycles. The van der Waals surface area contributed by atoms with Gasteiger partial charge in [-0.1, -0.05) is 12.1 Å². The average molecular weight is 272 g/mol. The van der Waals surface area contributed by atoms with E-state index in [4.69, 9.17) is 12.2 Å². The maximum atomic E-state index is 5.47. The Morgan fingerprint density at radius 3 is 3.16 bits per heavy atom. The lowest BCUT2D eigenvalue weighted by molar-refractivity contribution is 0.515. The Morgan fingerprint density at radius 1 is 1.47 bits per heavy atom. The molecule has 1 aliphatic rings. The van der Waals surface area contributed by atoms with E-state index in [0.29, 0.717) is 6.04 Å². The lowest BCUT2D eigenvalue weighted by Gasteiger charge is -2.20. The van der Waals surface area contributed by atoms with Crippen LogP contribution in [0, 0.1) is 0 Å². The van der Waals surface area contributed by atoms with Crippen LogP contribution in [0.25, 0.3) is 10.8 Å². The summed E-state index contributed by atoms with van der Waals surface area (Å²) in [6, 6.07) is 8.60. The molecule has 5 heteroatoms. The second-order valence-electron chi connectivity index (χ2n) is 4.82. The standard InChI is InChI=1S/C14H16N4S/c1-10-8-18(9-16-10)14(19)17-13-4-2-3-11-7-15-6-5-12(11)13/h2-7,10,16H,8-9H2,1H3,(H,17,19). The van der Waals surface area contributed by atoms with Gasteiger partial charge >= 0.3 is 0 Å². The summed E-state index contributed by atoms with van der Waals surface area (Å²) in [6.45, 7) is 3.91. The first-order valence-electron chi connectivity index (χ1n) is 6.36. The minimum Gasteiger partial charge on any atom is -0.335 e. The first-order chi connectivity index (χ1) is 9.24. The van der Waals surface area contributed by atoms with Gasteiger partial charge in [0.2, 0.25) is 0 Å². The van der Waals surface area contributed by atoms with Crippen LogP contribution in [0.3, 0.4) is 0 Å². The fraction of sp³-hybridized carbons (Fsp3) is 0.286. The topological polar surface area (TPSA) is 40.2 Å². The monoisotopic (exact) mass is 272 g/mol. The van der Waals surface area contributed by atoms with E-state index in [0.717, 1.165) is 34.8 Å². The zero-order valence-corrected chi connectivity index (χ0v) is 11.6. The number of thiocarbonyl (C=S) groups is 1. The summed E-state index contributed by atoms with van der Waals surface area (Å²) in [5.74, 6) is 0. The molecule has 98 valence electrons. The van der Waals surface area contributed by atoms with Gasteiger partial charge in [-0.25, -0.2) is 0 Å². The molecule has 2 heterocycles. The molecule has 0 radical (unpaired) electrons. The molecule has 2 aromatic rings. The number of rotatable bonds is 1. The van der Waals surface area contributed by atoms with Crippen molar-refractivity contribution in [3.05, 3.63) is 36.7 Å². The van der Waals surface area contributed by atoms with Crippen LogP contribution in [-0.2, 0) is 0 Å². The van der Waals surface area contributed by atoms with Crippen LogP contribution in [-0.4, -0.2) is 34.3 Å². The van der Waals surface area contributed by atoms with Crippen molar-refractivity contribution in [1.82, 2.24) is 15.2 Å². The molecule has 1 unspecified atom stereocenters. The Bertz CT molecular complexity index is 608. The third kappa shape index (κ3) is 2.52. The molecule has 0 saturated carbocycles. The van der Waals surface area contributed by atoms with Gasteiger partial charge in [0.25, 0.3) is 0 Å². The van der Waals surface area contributed by atoms with Gasteiger partial charge < -0.3 is 10.2 Å². The fourth-order valence-electron chi connectivity index (χ4n) is 2.31.